The fourth-order valence-corrected chi connectivity index (χ4v) is 4.83. The number of hydrogen-bond donors (Lipinski definition) is 5. The number of sulfonamides is 1. The smallest absolute Gasteiger partial charge is 0.255 e. The number of rotatable bonds is 7. The van der Waals surface area contributed by atoms with Gasteiger partial charge in [0.1, 0.15) is 5.82 Å². The van der Waals surface area contributed by atoms with Crippen molar-refractivity contribution in [2.75, 3.05) is 28.4 Å². The van der Waals surface area contributed by atoms with Crippen molar-refractivity contribution in [2.45, 2.75) is 59.3 Å². The maximum absolute atomic E-state index is 13.5. The molecule has 0 atom stereocenters. The predicted octanol–water partition coefficient (Wildman–Crippen LogP) is 4.77. The number of anilines is 3. The number of hydrogen-bond acceptors (Lipinski definition) is 8. The predicted molar refractivity (Wildman–Crippen MR) is 163 cm³/mol. The summed E-state index contributed by atoms with van der Waals surface area (Å²) in [6.07, 6.45) is 4.75. The van der Waals surface area contributed by atoms with Gasteiger partial charge >= 0.3 is 0 Å². The van der Waals surface area contributed by atoms with E-state index in [1.165, 1.54) is 7.11 Å². The van der Waals surface area contributed by atoms with Gasteiger partial charge in [0.2, 0.25) is 10.0 Å². The number of H-pyrrole nitrogens is 1. The lowest BCUT2D eigenvalue weighted by atomic mass is 9.86. The number of nitrogens with zero attached hydrogens (tertiary/aromatic N) is 2. The van der Waals surface area contributed by atoms with Gasteiger partial charge in [-0.2, -0.15) is 0 Å². The molecular formula is C29H39N7O4S. The third kappa shape index (κ3) is 6.83. The molecule has 1 aliphatic heterocycles. The molecule has 0 unspecified atom stereocenters. The van der Waals surface area contributed by atoms with Crippen LogP contribution in [0, 0.1) is 6.92 Å². The van der Waals surface area contributed by atoms with Gasteiger partial charge in [-0.25, -0.2) is 13.4 Å². The van der Waals surface area contributed by atoms with Crippen LogP contribution >= 0.6 is 0 Å². The first-order chi connectivity index (χ1) is 19.0. The Balaban J connectivity index is 1.65. The number of benzene rings is 2. The Morgan fingerprint density at radius 1 is 1.02 bits per heavy atom. The molecule has 1 amide bonds. The summed E-state index contributed by atoms with van der Waals surface area (Å²) >= 11 is 0. The number of amides is 1. The molecule has 1 aliphatic rings. The number of hydrazine groups is 2. The van der Waals surface area contributed by atoms with Gasteiger partial charge in [-0.15, -0.1) is 5.53 Å². The van der Waals surface area contributed by atoms with Crippen LogP contribution in [0.15, 0.2) is 42.7 Å². The molecule has 5 N–H and O–H groups in total. The molecule has 2 heterocycles. The first-order valence-corrected chi connectivity index (χ1v) is 15.1. The Labute approximate surface area is 241 Å². The standard InChI is InChI=1S/C29H39N7O4S/c1-17-10-11-18(12-24(17)36-16-23(33-35-36)22-15-30-27(32-22)29(5,6)7)26(37)31-20-13-19(28(2,3)4)14-21(25(20)40-8)34-41(9,38)39/h10-16,33-35H,1-9H3,(H,30,32)(H,31,37). The molecular weight excluding hydrogens is 542 g/mol. The van der Waals surface area contributed by atoms with E-state index in [1.54, 1.807) is 35.5 Å². The largest absolute Gasteiger partial charge is 0.492 e. The molecule has 3 aromatic rings. The van der Waals surface area contributed by atoms with Gasteiger partial charge in [-0.05, 0) is 47.7 Å². The minimum Gasteiger partial charge on any atom is -0.492 e. The Bertz CT molecular complexity index is 1610. The van der Waals surface area contributed by atoms with Crippen molar-refractivity contribution in [3.05, 3.63) is 70.9 Å². The molecule has 11 nitrogen and oxygen atoms in total. The Morgan fingerprint density at radius 2 is 1.71 bits per heavy atom. The number of nitrogens with one attached hydrogen (secondary N) is 5. The number of carbonyl (C=O) groups is 1. The number of aryl methyl sites for hydroxylation is 1. The molecule has 220 valence electrons. The van der Waals surface area contributed by atoms with Crippen molar-refractivity contribution >= 4 is 38.7 Å². The van der Waals surface area contributed by atoms with Gasteiger partial charge < -0.3 is 15.0 Å². The number of ether oxygens (including phenoxy) is 1. The summed E-state index contributed by atoms with van der Waals surface area (Å²) in [5, 5.41) is 4.72. The van der Waals surface area contributed by atoms with E-state index in [1.807, 2.05) is 40.0 Å². The van der Waals surface area contributed by atoms with Crippen LogP contribution in [0.4, 0.5) is 17.1 Å². The zero-order valence-electron chi connectivity index (χ0n) is 25.0. The van der Waals surface area contributed by atoms with Crippen LogP contribution in [-0.4, -0.2) is 37.7 Å². The second-order valence-corrected chi connectivity index (χ2v) is 14.0. The van der Waals surface area contributed by atoms with Crippen molar-refractivity contribution < 1.29 is 17.9 Å². The van der Waals surface area contributed by atoms with Gasteiger partial charge in [-0.1, -0.05) is 47.6 Å². The van der Waals surface area contributed by atoms with E-state index >= 15 is 0 Å². The van der Waals surface area contributed by atoms with Crippen LogP contribution in [0.3, 0.4) is 0 Å². The SMILES string of the molecule is COc1c(NC(=O)c2ccc(C)c(N3C=C(c4cnc(C(C)(C)C)[nH]4)NN3)c2)cc(C(C)(C)C)cc1NS(C)(=O)=O. The third-order valence-corrected chi connectivity index (χ3v) is 7.17. The number of aromatic nitrogens is 2. The fraction of sp³-hybridized carbons (Fsp3) is 0.379. The van der Waals surface area contributed by atoms with Crippen LogP contribution in [-0.2, 0) is 20.9 Å². The summed E-state index contributed by atoms with van der Waals surface area (Å²) in [6.45, 7) is 14.2. The van der Waals surface area contributed by atoms with Crippen molar-refractivity contribution in [1.29, 1.82) is 0 Å². The van der Waals surface area contributed by atoms with Crippen molar-refractivity contribution in [3.8, 4) is 5.75 Å². The van der Waals surface area contributed by atoms with Crippen LogP contribution in [0.25, 0.3) is 5.70 Å². The molecule has 0 spiro atoms. The minimum absolute atomic E-state index is 0.112. The first kappa shape index (κ1) is 29.9. The van der Waals surface area contributed by atoms with Crippen LogP contribution in [0.2, 0.25) is 0 Å². The van der Waals surface area contributed by atoms with Gasteiger partial charge in [0.25, 0.3) is 5.91 Å². The number of aromatic amines is 1. The minimum atomic E-state index is -3.59. The summed E-state index contributed by atoms with van der Waals surface area (Å²) in [6, 6.07) is 8.91. The van der Waals surface area contributed by atoms with E-state index in [2.05, 4.69) is 51.7 Å². The lowest BCUT2D eigenvalue weighted by molar-refractivity contribution is 0.102. The van der Waals surface area contributed by atoms with Crippen molar-refractivity contribution in [3.63, 3.8) is 0 Å². The van der Waals surface area contributed by atoms with Gasteiger partial charge in [-0.3, -0.25) is 20.0 Å². The quantitative estimate of drug-likeness (QED) is 0.269. The fourth-order valence-electron chi connectivity index (χ4n) is 4.27. The highest BCUT2D eigenvalue weighted by Gasteiger charge is 2.24. The van der Waals surface area contributed by atoms with Gasteiger partial charge in [0, 0.05) is 11.0 Å². The van der Waals surface area contributed by atoms with E-state index in [0.717, 1.165) is 40.3 Å². The monoisotopic (exact) mass is 581 g/mol. The second-order valence-electron chi connectivity index (χ2n) is 12.2. The number of carbonyl (C=O) groups excluding carboxylic acids is 1. The maximum atomic E-state index is 13.5. The lowest BCUT2D eigenvalue weighted by Crippen LogP contribution is -2.36. The molecule has 4 rings (SSSR count). The van der Waals surface area contributed by atoms with Gasteiger partial charge in [0.05, 0.1) is 54.2 Å². The Morgan fingerprint density at radius 3 is 2.29 bits per heavy atom. The van der Waals surface area contributed by atoms with Crippen LogP contribution in [0.1, 0.15) is 74.5 Å². The Kier molecular flexibility index (Phi) is 7.85. The van der Waals surface area contributed by atoms with Crippen molar-refractivity contribution in [1.82, 2.24) is 20.9 Å². The normalized spacial score (nSPS) is 14.0. The summed E-state index contributed by atoms with van der Waals surface area (Å²) in [4.78, 5) is 21.4. The summed E-state index contributed by atoms with van der Waals surface area (Å²) < 4.78 is 32.2. The molecule has 12 heteroatoms. The zero-order valence-corrected chi connectivity index (χ0v) is 25.8. The molecule has 0 fully saturated rings. The first-order valence-electron chi connectivity index (χ1n) is 13.2. The van der Waals surface area contributed by atoms with Crippen LogP contribution < -0.4 is 30.7 Å². The summed E-state index contributed by atoms with van der Waals surface area (Å²) in [7, 11) is -2.16. The summed E-state index contributed by atoms with van der Waals surface area (Å²) in [5.41, 5.74) is 11.0. The van der Waals surface area contributed by atoms with E-state index in [0.29, 0.717) is 11.3 Å². The average molecular weight is 582 g/mol. The zero-order chi connectivity index (χ0) is 30.3. The lowest BCUT2D eigenvalue weighted by Gasteiger charge is -2.24. The Hall–Kier alpha value is -4.03. The topological polar surface area (TPSA) is 140 Å². The van der Waals surface area contributed by atoms with Gasteiger partial charge in [0.15, 0.2) is 5.75 Å². The molecule has 0 saturated heterocycles. The maximum Gasteiger partial charge on any atom is 0.255 e. The molecule has 41 heavy (non-hydrogen) atoms. The highest BCUT2D eigenvalue weighted by atomic mass is 32.2. The average Bonchev–Trinajstić information content (AvgIpc) is 3.52. The summed E-state index contributed by atoms with van der Waals surface area (Å²) in [5.74, 6) is 0.723. The van der Waals surface area contributed by atoms with E-state index in [-0.39, 0.29) is 28.2 Å². The number of imidazole rings is 1. The highest BCUT2D eigenvalue weighted by molar-refractivity contribution is 7.92. The van der Waals surface area contributed by atoms with E-state index < -0.39 is 10.0 Å². The highest BCUT2D eigenvalue weighted by Crippen LogP contribution is 2.39. The molecule has 2 aromatic carbocycles. The molecule has 0 radical (unpaired) electrons. The molecule has 0 bridgehead atoms. The number of methoxy groups -OCH3 is 1. The van der Waals surface area contributed by atoms with E-state index in [9.17, 15) is 13.2 Å². The second kappa shape index (κ2) is 10.7. The molecule has 0 aliphatic carbocycles. The molecule has 0 saturated carbocycles. The molecule has 1 aromatic heterocycles. The third-order valence-electron chi connectivity index (χ3n) is 6.58. The van der Waals surface area contributed by atoms with Crippen molar-refractivity contribution in [2.24, 2.45) is 0 Å². The van der Waals surface area contributed by atoms with E-state index in [4.69, 9.17) is 4.74 Å². The van der Waals surface area contributed by atoms with Crippen LogP contribution in [0.5, 0.6) is 5.75 Å².